The van der Waals surface area contributed by atoms with Gasteiger partial charge in [0.25, 0.3) is 17.5 Å². The molecule has 0 spiro atoms. The second kappa shape index (κ2) is 8.44. The number of nitrogens with zero attached hydrogens (tertiary/aromatic N) is 4. The number of imide groups is 1. The Balaban J connectivity index is 1.35. The number of rotatable bonds is 5. The van der Waals surface area contributed by atoms with Gasteiger partial charge >= 0.3 is 0 Å². The Labute approximate surface area is 182 Å². The number of carbonyl (C=O) groups excluding carboxylic acids is 3. The Morgan fingerprint density at radius 2 is 1.71 bits per heavy atom. The second-order valence-electron chi connectivity index (χ2n) is 7.47. The van der Waals surface area contributed by atoms with Gasteiger partial charge in [-0.2, -0.15) is 0 Å². The fourth-order valence-corrected chi connectivity index (χ4v) is 4.03. The summed E-state index contributed by atoms with van der Waals surface area (Å²) < 4.78 is 0. The molecule has 3 amide bonds. The van der Waals surface area contributed by atoms with Crippen molar-refractivity contribution < 1.29 is 19.3 Å². The first-order valence-corrected chi connectivity index (χ1v) is 10.1. The Hall–Kier alpha value is -3.30. The van der Waals surface area contributed by atoms with E-state index in [4.69, 9.17) is 11.6 Å². The van der Waals surface area contributed by atoms with E-state index >= 15 is 0 Å². The van der Waals surface area contributed by atoms with Gasteiger partial charge in [0.15, 0.2) is 0 Å². The first kappa shape index (κ1) is 21.0. The molecule has 0 N–H and O–H groups in total. The van der Waals surface area contributed by atoms with E-state index < -0.39 is 16.7 Å². The Bertz CT molecular complexity index is 1080. The molecular weight excluding hydrogens is 424 g/mol. The number of amides is 3. The first-order valence-electron chi connectivity index (χ1n) is 9.72. The van der Waals surface area contributed by atoms with Crippen LogP contribution in [0.4, 0.5) is 5.69 Å². The van der Waals surface area contributed by atoms with E-state index in [0.29, 0.717) is 31.2 Å². The topological polar surface area (TPSA) is 104 Å². The third kappa shape index (κ3) is 4.28. The zero-order valence-corrected chi connectivity index (χ0v) is 17.2. The van der Waals surface area contributed by atoms with Crippen molar-refractivity contribution in [2.45, 2.75) is 6.54 Å². The summed E-state index contributed by atoms with van der Waals surface area (Å²) in [5.74, 6) is -1.62. The molecule has 0 aromatic heterocycles. The average molecular weight is 443 g/mol. The van der Waals surface area contributed by atoms with Gasteiger partial charge in [0, 0.05) is 49.9 Å². The quantitative estimate of drug-likeness (QED) is 0.399. The lowest BCUT2D eigenvalue weighted by atomic mass is 10.1. The lowest BCUT2D eigenvalue weighted by molar-refractivity contribution is -0.384. The maximum Gasteiger partial charge on any atom is 0.270 e. The molecule has 0 aliphatic carbocycles. The van der Waals surface area contributed by atoms with Crippen LogP contribution in [0.5, 0.6) is 0 Å². The van der Waals surface area contributed by atoms with E-state index in [2.05, 4.69) is 4.90 Å². The van der Waals surface area contributed by atoms with Crippen LogP contribution in [0.3, 0.4) is 0 Å². The van der Waals surface area contributed by atoms with Crippen LogP contribution in [-0.2, 0) is 11.3 Å². The summed E-state index contributed by atoms with van der Waals surface area (Å²) in [5, 5.41) is 11.6. The second-order valence-corrected chi connectivity index (χ2v) is 7.91. The molecule has 160 valence electrons. The van der Waals surface area contributed by atoms with Gasteiger partial charge in [0.1, 0.15) is 6.54 Å². The van der Waals surface area contributed by atoms with Gasteiger partial charge in [-0.3, -0.25) is 34.3 Å². The smallest absolute Gasteiger partial charge is 0.270 e. The number of nitro benzene ring substituents is 1. The minimum absolute atomic E-state index is 0.0432. The number of benzene rings is 2. The zero-order valence-electron chi connectivity index (χ0n) is 16.5. The van der Waals surface area contributed by atoms with Gasteiger partial charge < -0.3 is 4.90 Å². The van der Waals surface area contributed by atoms with Gasteiger partial charge in [0.2, 0.25) is 5.91 Å². The monoisotopic (exact) mass is 442 g/mol. The number of piperazine rings is 1. The molecule has 0 radical (unpaired) electrons. The lowest BCUT2D eigenvalue weighted by Crippen LogP contribution is -2.51. The van der Waals surface area contributed by atoms with E-state index in [1.165, 1.54) is 12.1 Å². The maximum absolute atomic E-state index is 12.7. The fourth-order valence-electron chi connectivity index (χ4n) is 3.82. The van der Waals surface area contributed by atoms with Crippen molar-refractivity contribution in [2.75, 3.05) is 32.7 Å². The molecule has 1 saturated heterocycles. The van der Waals surface area contributed by atoms with Crippen LogP contribution in [-0.4, -0.2) is 70.1 Å². The van der Waals surface area contributed by atoms with Crippen molar-refractivity contribution in [1.29, 1.82) is 0 Å². The van der Waals surface area contributed by atoms with E-state index in [1.54, 1.807) is 4.90 Å². The van der Waals surface area contributed by atoms with Crippen LogP contribution < -0.4 is 0 Å². The number of carbonyl (C=O) groups is 3. The zero-order chi connectivity index (χ0) is 22.1. The van der Waals surface area contributed by atoms with Crippen molar-refractivity contribution in [2.24, 2.45) is 0 Å². The molecule has 9 nitrogen and oxygen atoms in total. The van der Waals surface area contributed by atoms with Crippen molar-refractivity contribution in [3.8, 4) is 0 Å². The van der Waals surface area contributed by atoms with Crippen molar-refractivity contribution >= 4 is 35.0 Å². The molecule has 10 heteroatoms. The summed E-state index contributed by atoms with van der Waals surface area (Å²) >= 11 is 6.03. The number of hydrogen-bond donors (Lipinski definition) is 0. The van der Waals surface area contributed by atoms with Crippen molar-refractivity contribution in [3.05, 3.63) is 74.3 Å². The summed E-state index contributed by atoms with van der Waals surface area (Å²) in [6.07, 6.45) is 0. The van der Waals surface area contributed by atoms with Crippen LogP contribution in [0, 0.1) is 10.1 Å². The summed E-state index contributed by atoms with van der Waals surface area (Å²) in [5.41, 5.74) is 0.851. The number of hydrogen-bond acceptors (Lipinski definition) is 6. The van der Waals surface area contributed by atoms with Crippen molar-refractivity contribution in [3.63, 3.8) is 0 Å². The van der Waals surface area contributed by atoms with Gasteiger partial charge in [-0.15, -0.1) is 0 Å². The highest BCUT2D eigenvalue weighted by Gasteiger charge is 2.38. The number of nitro groups is 1. The molecule has 2 aliphatic heterocycles. The first-order chi connectivity index (χ1) is 14.8. The molecule has 2 aliphatic rings. The molecular formula is C21H19ClN4O5. The minimum atomic E-state index is -0.684. The van der Waals surface area contributed by atoms with Crippen LogP contribution >= 0.6 is 11.6 Å². The van der Waals surface area contributed by atoms with E-state index in [9.17, 15) is 24.5 Å². The highest BCUT2D eigenvalue weighted by molar-refractivity contribution is 6.30. The normalized spacial score (nSPS) is 16.5. The largest absolute Gasteiger partial charge is 0.339 e. The lowest BCUT2D eigenvalue weighted by Gasteiger charge is -2.35. The van der Waals surface area contributed by atoms with E-state index in [0.717, 1.165) is 23.1 Å². The van der Waals surface area contributed by atoms with Crippen LogP contribution in [0.25, 0.3) is 0 Å². The number of non-ortho nitro benzene ring substituents is 1. The fraction of sp³-hybridized carbons (Fsp3) is 0.286. The van der Waals surface area contributed by atoms with Crippen molar-refractivity contribution in [1.82, 2.24) is 14.7 Å². The van der Waals surface area contributed by atoms with Gasteiger partial charge in [-0.25, -0.2) is 0 Å². The third-order valence-electron chi connectivity index (χ3n) is 5.48. The van der Waals surface area contributed by atoms with E-state index in [1.807, 2.05) is 24.3 Å². The predicted octanol–water partition coefficient (Wildman–Crippen LogP) is 2.19. The Morgan fingerprint density at radius 1 is 1.00 bits per heavy atom. The highest BCUT2D eigenvalue weighted by atomic mass is 35.5. The molecule has 31 heavy (non-hydrogen) atoms. The molecule has 0 unspecified atom stereocenters. The highest BCUT2D eigenvalue weighted by Crippen LogP contribution is 2.27. The van der Waals surface area contributed by atoms with E-state index in [-0.39, 0.29) is 29.3 Å². The van der Waals surface area contributed by atoms with Crippen LogP contribution in [0.1, 0.15) is 26.3 Å². The molecule has 4 rings (SSSR count). The summed E-state index contributed by atoms with van der Waals surface area (Å²) in [6, 6.07) is 11.1. The molecule has 2 aromatic carbocycles. The molecule has 2 heterocycles. The van der Waals surface area contributed by atoms with Crippen LogP contribution in [0.15, 0.2) is 42.5 Å². The number of halogens is 1. The summed E-state index contributed by atoms with van der Waals surface area (Å²) in [4.78, 5) is 52.8. The van der Waals surface area contributed by atoms with Gasteiger partial charge in [0.05, 0.1) is 16.1 Å². The molecule has 0 atom stereocenters. The van der Waals surface area contributed by atoms with Crippen LogP contribution in [0.2, 0.25) is 5.02 Å². The Morgan fingerprint density at radius 3 is 2.39 bits per heavy atom. The van der Waals surface area contributed by atoms with Gasteiger partial charge in [-0.1, -0.05) is 23.7 Å². The standard InChI is InChI=1S/C21H19ClN4O5/c22-15-3-1-2-14(10-15)12-23-6-8-24(9-7-23)19(27)13-25-20(28)17-5-4-16(26(30)31)11-18(17)21(25)29/h1-5,10-11H,6-9,12-13H2. The molecule has 0 saturated carbocycles. The minimum Gasteiger partial charge on any atom is -0.339 e. The average Bonchev–Trinajstić information content (AvgIpc) is 2.98. The van der Waals surface area contributed by atoms with Gasteiger partial charge in [-0.05, 0) is 23.8 Å². The molecule has 1 fully saturated rings. The summed E-state index contributed by atoms with van der Waals surface area (Å²) in [6.45, 7) is 2.62. The Kier molecular flexibility index (Phi) is 5.71. The molecule has 0 bridgehead atoms. The number of fused-ring (bicyclic) bond motifs is 1. The molecule has 2 aromatic rings. The third-order valence-corrected chi connectivity index (χ3v) is 5.71. The SMILES string of the molecule is O=C(CN1C(=O)c2ccc([N+](=O)[O-])cc2C1=O)N1CCN(Cc2cccc(Cl)c2)CC1. The summed E-state index contributed by atoms with van der Waals surface area (Å²) in [7, 11) is 0. The maximum atomic E-state index is 12.7. The predicted molar refractivity (Wildman–Crippen MR) is 112 cm³/mol.